The Labute approximate surface area is 122 Å². The average molecular weight is 287 g/mol. The van der Waals surface area contributed by atoms with Crippen LogP contribution in [0.25, 0.3) is 0 Å². The fraction of sp³-hybridized carbons (Fsp3) is 0.467. The van der Waals surface area contributed by atoms with Crippen LogP contribution < -0.4 is 14.8 Å². The molecule has 2 aromatic rings. The number of fused-ring (bicyclic) bond motifs is 1. The van der Waals surface area contributed by atoms with Gasteiger partial charge in [0, 0.05) is 17.5 Å². The first kappa shape index (κ1) is 12.6. The quantitative estimate of drug-likeness (QED) is 0.909. The van der Waals surface area contributed by atoms with Crippen LogP contribution in [0.15, 0.2) is 22.7 Å². The Kier molecular flexibility index (Phi) is 3.03. The van der Waals surface area contributed by atoms with Crippen molar-refractivity contribution in [1.29, 1.82) is 0 Å². The molecule has 1 aliphatic heterocycles. The molecule has 1 atom stereocenters. The van der Waals surface area contributed by atoms with Crippen LogP contribution in [0.1, 0.15) is 42.1 Å². The van der Waals surface area contributed by atoms with Gasteiger partial charge in [0.25, 0.3) is 5.89 Å². The Morgan fingerprint density at radius 1 is 1.38 bits per heavy atom. The maximum absolute atomic E-state index is 5.70. The number of hydrogen-bond acceptors (Lipinski definition) is 6. The molecule has 1 unspecified atom stereocenters. The van der Waals surface area contributed by atoms with Crippen LogP contribution in [-0.2, 0) is 6.61 Å². The lowest BCUT2D eigenvalue weighted by Crippen LogP contribution is -2.17. The molecule has 6 nitrogen and oxygen atoms in total. The summed E-state index contributed by atoms with van der Waals surface area (Å²) >= 11 is 0. The second-order valence-electron chi connectivity index (χ2n) is 5.46. The Bertz CT molecular complexity index is 651. The van der Waals surface area contributed by atoms with E-state index in [1.807, 2.05) is 25.2 Å². The number of hydrogen-bond donors (Lipinski definition) is 1. The van der Waals surface area contributed by atoms with E-state index >= 15 is 0 Å². The summed E-state index contributed by atoms with van der Waals surface area (Å²) in [6.07, 6.45) is 2.32. The number of benzene rings is 1. The summed E-state index contributed by atoms with van der Waals surface area (Å²) in [5, 5.41) is 7.19. The van der Waals surface area contributed by atoms with E-state index in [9.17, 15) is 0 Å². The summed E-state index contributed by atoms with van der Waals surface area (Å²) in [5.41, 5.74) is 1.17. The SMILES string of the molecule is CNC1COc2cc(OCc3nc(C4CC4)no3)ccc21. The van der Waals surface area contributed by atoms with Gasteiger partial charge in [0.15, 0.2) is 12.4 Å². The van der Waals surface area contributed by atoms with E-state index in [1.54, 1.807) is 0 Å². The summed E-state index contributed by atoms with van der Waals surface area (Å²) in [6, 6.07) is 6.13. The second-order valence-corrected chi connectivity index (χ2v) is 5.46. The van der Waals surface area contributed by atoms with Gasteiger partial charge in [-0.3, -0.25) is 0 Å². The molecule has 0 spiro atoms. The first-order valence-corrected chi connectivity index (χ1v) is 7.23. The molecule has 1 aromatic carbocycles. The normalized spacial score (nSPS) is 20.1. The highest BCUT2D eigenvalue weighted by molar-refractivity contribution is 5.44. The third-order valence-corrected chi connectivity index (χ3v) is 3.90. The Morgan fingerprint density at radius 3 is 3.10 bits per heavy atom. The molecule has 21 heavy (non-hydrogen) atoms. The van der Waals surface area contributed by atoms with Crippen LogP contribution in [0.5, 0.6) is 11.5 Å². The van der Waals surface area contributed by atoms with Gasteiger partial charge in [0.05, 0.1) is 6.04 Å². The molecule has 2 aliphatic rings. The highest BCUT2D eigenvalue weighted by Gasteiger charge is 2.29. The van der Waals surface area contributed by atoms with E-state index in [-0.39, 0.29) is 12.6 Å². The summed E-state index contributed by atoms with van der Waals surface area (Å²) in [5.74, 6) is 3.44. The predicted molar refractivity (Wildman–Crippen MR) is 74.3 cm³/mol. The van der Waals surface area contributed by atoms with E-state index in [2.05, 4.69) is 15.5 Å². The van der Waals surface area contributed by atoms with Gasteiger partial charge in [-0.2, -0.15) is 4.98 Å². The molecule has 1 aliphatic carbocycles. The van der Waals surface area contributed by atoms with Gasteiger partial charge in [0.1, 0.15) is 18.1 Å². The van der Waals surface area contributed by atoms with Crippen LogP contribution in [0.2, 0.25) is 0 Å². The summed E-state index contributed by atoms with van der Waals surface area (Å²) in [4.78, 5) is 4.34. The second kappa shape index (κ2) is 5.04. The highest BCUT2D eigenvalue weighted by atomic mass is 16.5. The molecule has 0 radical (unpaired) electrons. The molecule has 0 amide bonds. The van der Waals surface area contributed by atoms with Crippen molar-refractivity contribution in [2.45, 2.75) is 31.4 Å². The zero-order chi connectivity index (χ0) is 14.2. The van der Waals surface area contributed by atoms with E-state index in [0.717, 1.165) is 30.2 Å². The van der Waals surface area contributed by atoms with Crippen molar-refractivity contribution >= 4 is 0 Å². The van der Waals surface area contributed by atoms with Crippen LogP contribution >= 0.6 is 0 Å². The van der Waals surface area contributed by atoms with Gasteiger partial charge in [-0.1, -0.05) is 5.16 Å². The fourth-order valence-electron chi connectivity index (χ4n) is 2.50. The molecule has 0 bridgehead atoms. The highest BCUT2D eigenvalue weighted by Crippen LogP contribution is 2.38. The maximum atomic E-state index is 5.70. The minimum absolute atomic E-state index is 0.256. The smallest absolute Gasteiger partial charge is 0.264 e. The average Bonchev–Trinajstić information content (AvgIpc) is 3.12. The van der Waals surface area contributed by atoms with E-state index in [0.29, 0.717) is 18.4 Å². The van der Waals surface area contributed by atoms with Gasteiger partial charge in [0.2, 0.25) is 0 Å². The Balaban J connectivity index is 1.42. The molecular weight excluding hydrogens is 270 g/mol. The van der Waals surface area contributed by atoms with E-state index < -0.39 is 0 Å². The van der Waals surface area contributed by atoms with Crippen LogP contribution in [0.4, 0.5) is 0 Å². The van der Waals surface area contributed by atoms with Crippen molar-refractivity contribution in [3.05, 3.63) is 35.5 Å². The molecule has 1 fully saturated rings. The predicted octanol–water partition coefficient (Wildman–Crippen LogP) is 2.18. The monoisotopic (exact) mass is 287 g/mol. The van der Waals surface area contributed by atoms with Gasteiger partial charge in [-0.25, -0.2) is 0 Å². The minimum Gasteiger partial charge on any atom is -0.491 e. The van der Waals surface area contributed by atoms with Crippen LogP contribution in [-0.4, -0.2) is 23.8 Å². The largest absolute Gasteiger partial charge is 0.491 e. The van der Waals surface area contributed by atoms with Crippen LogP contribution in [0, 0.1) is 0 Å². The van der Waals surface area contributed by atoms with Gasteiger partial charge in [-0.05, 0) is 32.0 Å². The van der Waals surface area contributed by atoms with Gasteiger partial charge < -0.3 is 19.3 Å². The van der Waals surface area contributed by atoms with E-state index in [4.69, 9.17) is 14.0 Å². The summed E-state index contributed by atoms with van der Waals surface area (Å²) in [7, 11) is 1.93. The van der Waals surface area contributed by atoms with Crippen LogP contribution in [0.3, 0.4) is 0 Å². The Hall–Kier alpha value is -2.08. The van der Waals surface area contributed by atoms with Crippen molar-refractivity contribution < 1.29 is 14.0 Å². The molecule has 0 saturated heterocycles. The fourth-order valence-corrected chi connectivity index (χ4v) is 2.50. The Morgan fingerprint density at radius 2 is 2.29 bits per heavy atom. The van der Waals surface area contributed by atoms with Crippen molar-refractivity contribution in [2.75, 3.05) is 13.7 Å². The molecule has 2 heterocycles. The lowest BCUT2D eigenvalue weighted by atomic mass is 10.1. The molecular formula is C15H17N3O3. The summed E-state index contributed by atoms with van der Waals surface area (Å²) in [6.45, 7) is 0.942. The number of nitrogens with one attached hydrogen (secondary N) is 1. The lowest BCUT2D eigenvalue weighted by molar-refractivity contribution is 0.241. The lowest BCUT2D eigenvalue weighted by Gasteiger charge is -2.07. The zero-order valence-electron chi connectivity index (χ0n) is 11.8. The molecule has 1 saturated carbocycles. The number of aromatic nitrogens is 2. The molecule has 110 valence electrons. The van der Waals surface area contributed by atoms with Gasteiger partial charge in [-0.15, -0.1) is 0 Å². The zero-order valence-corrected chi connectivity index (χ0v) is 11.8. The topological polar surface area (TPSA) is 69.4 Å². The van der Waals surface area contributed by atoms with Crippen molar-refractivity contribution in [1.82, 2.24) is 15.5 Å². The first-order valence-electron chi connectivity index (χ1n) is 7.23. The molecule has 6 heteroatoms. The van der Waals surface area contributed by atoms with Crippen molar-refractivity contribution in [2.24, 2.45) is 0 Å². The minimum atomic E-state index is 0.256. The third-order valence-electron chi connectivity index (χ3n) is 3.90. The third kappa shape index (κ3) is 2.47. The van der Waals surface area contributed by atoms with Crippen molar-refractivity contribution in [3.63, 3.8) is 0 Å². The van der Waals surface area contributed by atoms with Gasteiger partial charge >= 0.3 is 0 Å². The number of rotatable bonds is 5. The number of nitrogens with zero attached hydrogens (tertiary/aromatic N) is 2. The molecule has 1 aromatic heterocycles. The molecule has 1 N–H and O–H groups in total. The summed E-state index contributed by atoms with van der Waals surface area (Å²) < 4.78 is 16.5. The number of ether oxygens (including phenoxy) is 2. The number of likely N-dealkylation sites (N-methyl/N-ethyl adjacent to an activating group) is 1. The van der Waals surface area contributed by atoms with E-state index in [1.165, 1.54) is 5.56 Å². The maximum Gasteiger partial charge on any atom is 0.264 e. The van der Waals surface area contributed by atoms with Crippen molar-refractivity contribution in [3.8, 4) is 11.5 Å². The first-order chi connectivity index (χ1) is 10.3. The molecule has 4 rings (SSSR count). The standard InChI is InChI=1S/C15H17N3O3/c1-16-12-7-20-13-6-10(4-5-11(12)13)19-8-14-17-15(18-21-14)9-2-3-9/h4-6,9,12,16H,2-3,7-8H2,1H3.